The number of nitrogens with zero attached hydrogens (tertiary/aromatic N) is 2. The van der Waals surface area contributed by atoms with Crippen molar-refractivity contribution >= 4 is 6.08 Å². The average Bonchev–Trinajstić information content (AvgIpc) is 2.34. The molecule has 86 valence electrons. The summed E-state index contributed by atoms with van der Waals surface area (Å²) in [4.78, 5) is 11.3. The van der Waals surface area contributed by atoms with Crippen molar-refractivity contribution in [1.82, 2.24) is 9.78 Å². The Hall–Kier alpha value is -2.23. The fourth-order valence-corrected chi connectivity index (χ4v) is 1.39. The Labute approximate surface area is 97.8 Å². The zero-order valence-electron chi connectivity index (χ0n) is 9.08. The SMILES string of the molecule is O=c1cccnn1C/C=C/c1ccc(F)cc1. The summed E-state index contributed by atoms with van der Waals surface area (Å²) in [6.07, 6.45) is 5.19. The molecule has 0 aliphatic heterocycles. The van der Waals surface area contributed by atoms with E-state index in [9.17, 15) is 9.18 Å². The molecule has 2 rings (SSSR count). The highest BCUT2D eigenvalue weighted by Gasteiger charge is 1.92. The average molecular weight is 230 g/mol. The summed E-state index contributed by atoms with van der Waals surface area (Å²) < 4.78 is 14.0. The van der Waals surface area contributed by atoms with Crippen LogP contribution in [0.25, 0.3) is 6.08 Å². The van der Waals surface area contributed by atoms with E-state index < -0.39 is 0 Å². The van der Waals surface area contributed by atoms with E-state index >= 15 is 0 Å². The molecule has 0 aliphatic carbocycles. The molecule has 0 saturated heterocycles. The zero-order valence-corrected chi connectivity index (χ0v) is 9.08. The summed E-state index contributed by atoms with van der Waals surface area (Å²) >= 11 is 0. The van der Waals surface area contributed by atoms with Gasteiger partial charge in [-0.3, -0.25) is 4.79 Å². The van der Waals surface area contributed by atoms with Crippen molar-refractivity contribution in [1.29, 1.82) is 0 Å². The molecule has 0 spiro atoms. The Morgan fingerprint density at radius 1 is 1.24 bits per heavy atom. The molecule has 0 radical (unpaired) electrons. The Kier molecular flexibility index (Phi) is 3.45. The van der Waals surface area contributed by atoms with E-state index in [1.165, 1.54) is 22.9 Å². The van der Waals surface area contributed by atoms with Crippen molar-refractivity contribution in [2.24, 2.45) is 0 Å². The molecule has 0 N–H and O–H groups in total. The summed E-state index contributed by atoms with van der Waals surface area (Å²) in [6, 6.07) is 9.19. The second kappa shape index (κ2) is 5.21. The van der Waals surface area contributed by atoms with Crippen molar-refractivity contribution < 1.29 is 4.39 Å². The van der Waals surface area contributed by atoms with E-state index in [-0.39, 0.29) is 11.4 Å². The van der Waals surface area contributed by atoms with Gasteiger partial charge < -0.3 is 0 Å². The van der Waals surface area contributed by atoms with Gasteiger partial charge in [0.2, 0.25) is 0 Å². The third-order valence-corrected chi connectivity index (χ3v) is 2.24. The van der Waals surface area contributed by atoms with Crippen LogP contribution in [0.15, 0.2) is 53.5 Å². The van der Waals surface area contributed by atoms with E-state index in [4.69, 9.17) is 0 Å². The van der Waals surface area contributed by atoms with Gasteiger partial charge in [-0.15, -0.1) is 0 Å². The first-order chi connectivity index (χ1) is 8.25. The predicted octanol–water partition coefficient (Wildman–Crippen LogP) is 2.10. The lowest BCUT2D eigenvalue weighted by Crippen LogP contribution is -2.20. The topological polar surface area (TPSA) is 34.9 Å². The van der Waals surface area contributed by atoms with Crippen LogP contribution < -0.4 is 5.56 Å². The molecule has 0 aliphatic rings. The van der Waals surface area contributed by atoms with Crippen LogP contribution in [-0.2, 0) is 6.54 Å². The molecule has 1 heterocycles. The maximum Gasteiger partial charge on any atom is 0.267 e. The van der Waals surface area contributed by atoms with Crippen LogP contribution >= 0.6 is 0 Å². The lowest BCUT2D eigenvalue weighted by Gasteiger charge is -1.98. The maximum atomic E-state index is 12.6. The smallest absolute Gasteiger partial charge is 0.267 e. The van der Waals surface area contributed by atoms with Gasteiger partial charge in [-0.05, 0) is 23.8 Å². The number of benzene rings is 1. The van der Waals surface area contributed by atoms with Crippen molar-refractivity contribution in [3.8, 4) is 0 Å². The standard InChI is InChI=1S/C13H11FN2O/c14-12-7-5-11(6-8-12)3-2-10-16-13(17)4-1-9-15-16/h1-9H,10H2/b3-2+. The van der Waals surface area contributed by atoms with Gasteiger partial charge in [-0.1, -0.05) is 24.3 Å². The lowest BCUT2D eigenvalue weighted by atomic mass is 10.2. The second-order valence-corrected chi connectivity index (χ2v) is 3.50. The minimum Gasteiger partial charge on any atom is -0.268 e. The van der Waals surface area contributed by atoms with Crippen LogP contribution in [0.3, 0.4) is 0 Å². The molecule has 0 atom stereocenters. The Morgan fingerprint density at radius 2 is 2.00 bits per heavy atom. The number of hydrogen-bond acceptors (Lipinski definition) is 2. The highest BCUT2D eigenvalue weighted by atomic mass is 19.1. The second-order valence-electron chi connectivity index (χ2n) is 3.50. The molecule has 0 bridgehead atoms. The molecular formula is C13H11FN2O. The van der Waals surface area contributed by atoms with Crippen LogP contribution in [0, 0.1) is 5.82 Å². The minimum absolute atomic E-state index is 0.142. The first-order valence-corrected chi connectivity index (χ1v) is 5.20. The Morgan fingerprint density at radius 3 is 2.71 bits per heavy atom. The van der Waals surface area contributed by atoms with E-state index in [1.54, 1.807) is 24.4 Å². The minimum atomic E-state index is -0.261. The van der Waals surface area contributed by atoms with E-state index in [0.717, 1.165) is 5.56 Å². The maximum absolute atomic E-state index is 12.6. The molecule has 1 aromatic carbocycles. The van der Waals surface area contributed by atoms with Crippen LogP contribution in [0.5, 0.6) is 0 Å². The van der Waals surface area contributed by atoms with Crippen molar-refractivity contribution in [3.05, 3.63) is 70.4 Å². The third kappa shape index (κ3) is 3.11. The summed E-state index contributed by atoms with van der Waals surface area (Å²) in [7, 11) is 0. The highest BCUT2D eigenvalue weighted by Crippen LogP contribution is 2.04. The lowest BCUT2D eigenvalue weighted by molar-refractivity contribution is 0.627. The van der Waals surface area contributed by atoms with E-state index in [2.05, 4.69) is 5.10 Å². The summed E-state index contributed by atoms with van der Waals surface area (Å²) in [5.41, 5.74) is 0.742. The summed E-state index contributed by atoms with van der Waals surface area (Å²) in [5.74, 6) is -0.261. The van der Waals surface area contributed by atoms with Gasteiger partial charge in [0, 0.05) is 12.3 Å². The van der Waals surface area contributed by atoms with Gasteiger partial charge in [0.15, 0.2) is 0 Å². The Bertz CT molecular complexity index is 572. The van der Waals surface area contributed by atoms with Gasteiger partial charge in [0.05, 0.1) is 6.54 Å². The van der Waals surface area contributed by atoms with Gasteiger partial charge in [-0.25, -0.2) is 9.07 Å². The fraction of sp³-hybridized carbons (Fsp3) is 0.0769. The number of hydrogen-bond donors (Lipinski definition) is 0. The zero-order chi connectivity index (χ0) is 12.1. The number of allylic oxidation sites excluding steroid dienone is 1. The van der Waals surface area contributed by atoms with Crippen LogP contribution in [0.4, 0.5) is 4.39 Å². The largest absolute Gasteiger partial charge is 0.268 e. The van der Waals surface area contributed by atoms with Crippen molar-refractivity contribution in [3.63, 3.8) is 0 Å². The molecule has 0 amide bonds. The number of halogens is 1. The molecule has 0 unspecified atom stereocenters. The van der Waals surface area contributed by atoms with Crippen LogP contribution in [-0.4, -0.2) is 9.78 Å². The van der Waals surface area contributed by atoms with Gasteiger partial charge >= 0.3 is 0 Å². The predicted molar refractivity (Wildman–Crippen MR) is 63.9 cm³/mol. The first-order valence-electron chi connectivity index (χ1n) is 5.20. The van der Waals surface area contributed by atoms with E-state index in [0.29, 0.717) is 6.54 Å². The summed E-state index contributed by atoms with van der Waals surface area (Å²) in [5, 5.41) is 3.92. The first kappa shape index (κ1) is 11.3. The molecule has 17 heavy (non-hydrogen) atoms. The van der Waals surface area contributed by atoms with E-state index in [1.807, 2.05) is 12.2 Å². The molecule has 1 aromatic heterocycles. The Balaban J connectivity index is 2.05. The van der Waals surface area contributed by atoms with Gasteiger partial charge in [0.25, 0.3) is 5.56 Å². The third-order valence-electron chi connectivity index (χ3n) is 2.24. The summed E-state index contributed by atoms with van der Waals surface area (Å²) in [6.45, 7) is 0.400. The van der Waals surface area contributed by atoms with Crippen LogP contribution in [0.1, 0.15) is 5.56 Å². The monoisotopic (exact) mass is 230 g/mol. The molecule has 3 nitrogen and oxygen atoms in total. The van der Waals surface area contributed by atoms with Crippen LogP contribution in [0.2, 0.25) is 0 Å². The normalized spacial score (nSPS) is 10.9. The van der Waals surface area contributed by atoms with Gasteiger partial charge in [-0.2, -0.15) is 5.10 Å². The van der Waals surface area contributed by atoms with Crippen molar-refractivity contribution in [2.45, 2.75) is 6.54 Å². The molecular weight excluding hydrogens is 219 g/mol. The number of aromatic nitrogens is 2. The molecule has 0 fully saturated rings. The molecule has 2 aromatic rings. The molecule has 0 saturated carbocycles. The molecule has 4 heteroatoms. The quantitative estimate of drug-likeness (QED) is 0.809. The fourth-order valence-electron chi connectivity index (χ4n) is 1.39. The van der Waals surface area contributed by atoms with Crippen molar-refractivity contribution in [2.75, 3.05) is 0 Å². The van der Waals surface area contributed by atoms with Gasteiger partial charge in [0.1, 0.15) is 5.82 Å². The highest BCUT2D eigenvalue weighted by molar-refractivity contribution is 5.48. The number of rotatable bonds is 3.